The highest BCUT2D eigenvalue weighted by atomic mass is 32.1. The first-order valence-corrected chi connectivity index (χ1v) is 8.53. The normalized spacial score (nSPS) is 12.0. The lowest BCUT2D eigenvalue weighted by Gasteiger charge is -2.16. The van der Waals surface area contributed by atoms with Crippen molar-refractivity contribution in [3.8, 4) is 5.75 Å². The summed E-state index contributed by atoms with van der Waals surface area (Å²) in [4.78, 5) is 27.5. The number of carboxylic acids is 1. The minimum absolute atomic E-state index is 0.174. The highest BCUT2D eigenvalue weighted by molar-refractivity contribution is 7.07. The summed E-state index contributed by atoms with van der Waals surface area (Å²) in [5.41, 5.74) is 2.98. The molecule has 0 radical (unpaired) electrons. The Balaban J connectivity index is 1.93. The van der Waals surface area contributed by atoms with E-state index in [0.29, 0.717) is 24.3 Å². The molecule has 24 heavy (non-hydrogen) atoms. The van der Waals surface area contributed by atoms with Crippen molar-refractivity contribution in [2.75, 3.05) is 0 Å². The number of hydrogen-bond donors (Lipinski definition) is 2. The van der Waals surface area contributed by atoms with E-state index in [0.717, 1.165) is 5.69 Å². The SMILES string of the molecule is CC(C)CC(NC(=O)c1ccc(OCc2cscn2)cc1)C(=O)O. The van der Waals surface area contributed by atoms with E-state index in [4.69, 9.17) is 4.74 Å². The third kappa shape index (κ3) is 5.34. The summed E-state index contributed by atoms with van der Waals surface area (Å²) < 4.78 is 5.58. The molecule has 2 N–H and O–H groups in total. The molecular weight excluding hydrogens is 328 g/mol. The van der Waals surface area contributed by atoms with Gasteiger partial charge in [-0.3, -0.25) is 4.79 Å². The zero-order valence-corrected chi connectivity index (χ0v) is 14.4. The number of nitrogens with zero attached hydrogens (tertiary/aromatic N) is 1. The van der Waals surface area contributed by atoms with Crippen molar-refractivity contribution < 1.29 is 19.4 Å². The van der Waals surface area contributed by atoms with E-state index >= 15 is 0 Å². The fraction of sp³-hybridized carbons (Fsp3) is 0.353. The van der Waals surface area contributed by atoms with Gasteiger partial charge in [0.2, 0.25) is 0 Å². The number of aromatic nitrogens is 1. The molecule has 0 bridgehead atoms. The number of benzene rings is 1. The van der Waals surface area contributed by atoms with Crippen molar-refractivity contribution in [3.63, 3.8) is 0 Å². The van der Waals surface area contributed by atoms with Crippen LogP contribution in [0.1, 0.15) is 36.3 Å². The fourth-order valence-corrected chi connectivity index (χ4v) is 2.65. The molecule has 128 valence electrons. The summed E-state index contributed by atoms with van der Waals surface area (Å²) in [7, 11) is 0. The molecule has 1 aromatic heterocycles. The van der Waals surface area contributed by atoms with E-state index in [2.05, 4.69) is 10.3 Å². The van der Waals surface area contributed by atoms with Gasteiger partial charge in [0, 0.05) is 10.9 Å². The van der Waals surface area contributed by atoms with E-state index in [9.17, 15) is 14.7 Å². The maximum absolute atomic E-state index is 12.2. The van der Waals surface area contributed by atoms with Gasteiger partial charge in [-0.25, -0.2) is 9.78 Å². The third-order valence-corrected chi connectivity index (χ3v) is 3.93. The number of carbonyl (C=O) groups is 2. The number of thiazole rings is 1. The standard InChI is InChI=1S/C17H20N2O4S/c1-11(2)7-15(17(21)22)19-16(20)12-3-5-14(6-4-12)23-8-13-9-24-10-18-13/h3-6,9-11,15H,7-8H2,1-2H3,(H,19,20)(H,21,22). The van der Waals surface area contributed by atoms with Gasteiger partial charge in [-0.15, -0.1) is 11.3 Å². The van der Waals surface area contributed by atoms with Crippen LogP contribution < -0.4 is 10.1 Å². The number of aliphatic carboxylic acids is 1. The van der Waals surface area contributed by atoms with Crippen LogP contribution in [0, 0.1) is 5.92 Å². The Bertz CT molecular complexity index is 668. The molecule has 1 atom stereocenters. The maximum atomic E-state index is 12.2. The molecule has 0 fully saturated rings. The Kier molecular flexibility index (Phi) is 6.31. The van der Waals surface area contributed by atoms with Gasteiger partial charge in [0.25, 0.3) is 5.91 Å². The average molecular weight is 348 g/mol. The third-order valence-electron chi connectivity index (χ3n) is 3.30. The molecule has 0 aliphatic rings. The molecule has 2 aromatic rings. The first-order chi connectivity index (χ1) is 11.5. The van der Waals surface area contributed by atoms with Gasteiger partial charge < -0.3 is 15.2 Å². The molecule has 1 unspecified atom stereocenters. The Labute approximate surface area is 144 Å². The second kappa shape index (κ2) is 8.44. The summed E-state index contributed by atoms with van der Waals surface area (Å²) >= 11 is 1.50. The summed E-state index contributed by atoms with van der Waals surface area (Å²) in [5.74, 6) is -0.640. The van der Waals surface area contributed by atoms with E-state index in [-0.39, 0.29) is 5.92 Å². The second-order valence-electron chi connectivity index (χ2n) is 5.79. The van der Waals surface area contributed by atoms with E-state index in [1.807, 2.05) is 19.2 Å². The molecule has 0 aliphatic carbocycles. The van der Waals surface area contributed by atoms with Crippen molar-refractivity contribution in [1.29, 1.82) is 0 Å². The van der Waals surface area contributed by atoms with Crippen LogP contribution in [0.25, 0.3) is 0 Å². The van der Waals surface area contributed by atoms with Gasteiger partial charge in [0.15, 0.2) is 0 Å². The smallest absolute Gasteiger partial charge is 0.326 e. The fourth-order valence-electron chi connectivity index (χ4n) is 2.10. The van der Waals surface area contributed by atoms with Crippen LogP contribution in [0.4, 0.5) is 0 Å². The van der Waals surface area contributed by atoms with E-state index in [1.165, 1.54) is 11.3 Å². The monoisotopic (exact) mass is 348 g/mol. The maximum Gasteiger partial charge on any atom is 0.326 e. The number of carboxylic acid groups (broad SMARTS) is 1. The first kappa shape index (κ1) is 17.9. The topological polar surface area (TPSA) is 88.5 Å². The number of rotatable bonds is 8. The van der Waals surface area contributed by atoms with Gasteiger partial charge >= 0.3 is 5.97 Å². The summed E-state index contributed by atoms with van der Waals surface area (Å²) in [6, 6.07) is 5.69. The Morgan fingerprint density at radius 2 is 2.00 bits per heavy atom. The summed E-state index contributed by atoms with van der Waals surface area (Å²) in [6.45, 7) is 4.19. The number of nitrogens with one attached hydrogen (secondary N) is 1. The minimum atomic E-state index is -1.03. The molecular formula is C17H20N2O4S. The lowest BCUT2D eigenvalue weighted by Crippen LogP contribution is -2.41. The summed E-state index contributed by atoms with van der Waals surface area (Å²) in [5, 5.41) is 13.6. The average Bonchev–Trinajstić information content (AvgIpc) is 3.05. The zero-order chi connectivity index (χ0) is 17.5. The molecule has 0 saturated carbocycles. The van der Waals surface area contributed by atoms with Gasteiger partial charge in [0.05, 0.1) is 11.2 Å². The quantitative estimate of drug-likeness (QED) is 0.766. The van der Waals surface area contributed by atoms with Crippen LogP contribution in [0.15, 0.2) is 35.2 Å². The van der Waals surface area contributed by atoms with Crippen molar-refractivity contribution >= 4 is 23.2 Å². The molecule has 0 spiro atoms. The Hall–Kier alpha value is -2.41. The number of ether oxygens (including phenoxy) is 1. The molecule has 1 heterocycles. The number of carbonyl (C=O) groups excluding carboxylic acids is 1. The van der Waals surface area contributed by atoms with E-state index < -0.39 is 17.9 Å². The largest absolute Gasteiger partial charge is 0.487 e. The van der Waals surface area contributed by atoms with Gasteiger partial charge in [-0.05, 0) is 36.6 Å². The lowest BCUT2D eigenvalue weighted by molar-refractivity contribution is -0.139. The second-order valence-corrected chi connectivity index (χ2v) is 6.51. The van der Waals surface area contributed by atoms with Crippen LogP contribution in [0.3, 0.4) is 0 Å². The van der Waals surface area contributed by atoms with Crippen LogP contribution >= 0.6 is 11.3 Å². The van der Waals surface area contributed by atoms with Crippen molar-refractivity contribution in [1.82, 2.24) is 10.3 Å². The molecule has 1 aromatic carbocycles. The molecule has 0 saturated heterocycles. The highest BCUT2D eigenvalue weighted by Gasteiger charge is 2.21. The van der Waals surface area contributed by atoms with Crippen molar-refractivity contribution in [2.24, 2.45) is 5.92 Å². The van der Waals surface area contributed by atoms with E-state index in [1.54, 1.807) is 29.8 Å². The molecule has 6 nitrogen and oxygen atoms in total. The molecule has 2 rings (SSSR count). The van der Waals surface area contributed by atoms with Crippen molar-refractivity contribution in [3.05, 3.63) is 46.4 Å². The molecule has 1 amide bonds. The summed E-state index contributed by atoms with van der Waals surface area (Å²) in [6.07, 6.45) is 0.385. The zero-order valence-electron chi connectivity index (χ0n) is 13.6. The molecule has 0 aliphatic heterocycles. The predicted molar refractivity (Wildman–Crippen MR) is 91.2 cm³/mol. The number of hydrogen-bond acceptors (Lipinski definition) is 5. The highest BCUT2D eigenvalue weighted by Crippen LogP contribution is 2.15. The van der Waals surface area contributed by atoms with Crippen LogP contribution in [0.5, 0.6) is 5.75 Å². The van der Waals surface area contributed by atoms with Crippen LogP contribution in [-0.4, -0.2) is 28.0 Å². The van der Waals surface area contributed by atoms with Crippen LogP contribution in [-0.2, 0) is 11.4 Å². The Morgan fingerprint density at radius 3 is 2.54 bits per heavy atom. The molecule has 7 heteroatoms. The lowest BCUT2D eigenvalue weighted by atomic mass is 10.0. The number of amides is 1. The van der Waals surface area contributed by atoms with Crippen LogP contribution in [0.2, 0.25) is 0 Å². The Morgan fingerprint density at radius 1 is 1.29 bits per heavy atom. The van der Waals surface area contributed by atoms with Crippen molar-refractivity contribution in [2.45, 2.75) is 32.9 Å². The predicted octanol–water partition coefficient (Wildman–Crippen LogP) is 2.95. The van der Waals surface area contributed by atoms with Gasteiger partial charge in [0.1, 0.15) is 18.4 Å². The first-order valence-electron chi connectivity index (χ1n) is 7.59. The van der Waals surface area contributed by atoms with Gasteiger partial charge in [-0.1, -0.05) is 13.8 Å². The van der Waals surface area contributed by atoms with Gasteiger partial charge in [-0.2, -0.15) is 0 Å². The minimum Gasteiger partial charge on any atom is -0.487 e.